The lowest BCUT2D eigenvalue weighted by Crippen LogP contribution is -2.50. The summed E-state index contributed by atoms with van der Waals surface area (Å²) in [6.45, 7) is 7.30. The molecule has 4 rings (SSSR count). The van der Waals surface area contributed by atoms with Gasteiger partial charge in [0.25, 0.3) is 0 Å². The Bertz CT molecular complexity index is 775. The molecule has 2 aliphatic rings. The second kappa shape index (κ2) is 9.55. The Morgan fingerprint density at radius 3 is 2.52 bits per heavy atom. The first-order chi connectivity index (χ1) is 14.2. The molecule has 156 valence electrons. The Morgan fingerprint density at radius 1 is 1.07 bits per heavy atom. The third-order valence-electron chi connectivity index (χ3n) is 6.33. The fourth-order valence-corrected chi connectivity index (χ4v) is 4.45. The van der Waals surface area contributed by atoms with E-state index in [4.69, 9.17) is 4.42 Å². The maximum atomic E-state index is 12.7. The van der Waals surface area contributed by atoms with Crippen LogP contribution in [0.5, 0.6) is 0 Å². The fraction of sp³-hybridized carbons (Fsp3) is 0.565. The van der Waals surface area contributed by atoms with Gasteiger partial charge in [0.2, 0.25) is 5.91 Å². The van der Waals surface area contributed by atoms with Crippen LogP contribution in [0, 0.1) is 5.92 Å². The molecule has 2 aliphatic heterocycles. The smallest absolute Gasteiger partial charge is 0.223 e. The van der Waals surface area contributed by atoms with E-state index in [-0.39, 0.29) is 5.91 Å². The Morgan fingerprint density at radius 2 is 1.79 bits per heavy atom. The lowest BCUT2D eigenvalue weighted by molar-refractivity contribution is -0.133. The lowest BCUT2D eigenvalue weighted by Gasteiger charge is -2.38. The number of hydrogen-bond acceptors (Lipinski definition) is 5. The monoisotopic (exact) mass is 396 g/mol. The highest BCUT2D eigenvalue weighted by atomic mass is 16.3. The van der Waals surface area contributed by atoms with Gasteiger partial charge in [0, 0.05) is 51.1 Å². The molecule has 1 aromatic heterocycles. The number of likely N-dealkylation sites (tertiary alicyclic amines) is 1. The summed E-state index contributed by atoms with van der Waals surface area (Å²) >= 11 is 0. The molecule has 6 heteroatoms. The van der Waals surface area contributed by atoms with Crippen LogP contribution in [-0.2, 0) is 11.2 Å². The number of piperidine rings is 1. The van der Waals surface area contributed by atoms with E-state index >= 15 is 0 Å². The van der Waals surface area contributed by atoms with Crippen LogP contribution in [-0.4, -0.2) is 78.5 Å². The minimum Gasteiger partial charge on any atom is -0.448 e. The molecule has 2 saturated heterocycles. The normalized spacial score (nSPS) is 19.6. The number of aromatic nitrogens is 1. The number of hydrogen-bond donors (Lipinski definition) is 0. The fourth-order valence-electron chi connectivity index (χ4n) is 4.45. The molecule has 0 saturated carbocycles. The molecule has 0 bridgehead atoms. The molecule has 1 amide bonds. The number of aryl methyl sites for hydroxylation is 1. The molecular weight excluding hydrogens is 364 g/mol. The van der Waals surface area contributed by atoms with Crippen LogP contribution in [0.4, 0.5) is 0 Å². The molecule has 3 heterocycles. The molecule has 0 atom stereocenters. The van der Waals surface area contributed by atoms with Crippen LogP contribution in [0.25, 0.3) is 11.3 Å². The molecule has 2 aromatic rings. The largest absolute Gasteiger partial charge is 0.448 e. The van der Waals surface area contributed by atoms with Gasteiger partial charge in [0.1, 0.15) is 11.5 Å². The van der Waals surface area contributed by atoms with Crippen LogP contribution in [0.1, 0.15) is 25.0 Å². The van der Waals surface area contributed by atoms with Crippen LogP contribution < -0.4 is 0 Å². The van der Waals surface area contributed by atoms with Gasteiger partial charge in [0.15, 0.2) is 6.39 Å². The summed E-state index contributed by atoms with van der Waals surface area (Å²) < 4.78 is 5.57. The van der Waals surface area contributed by atoms with Gasteiger partial charge in [-0.05, 0) is 38.9 Å². The summed E-state index contributed by atoms with van der Waals surface area (Å²) in [7, 11) is 2.21. The molecule has 0 N–H and O–H groups in total. The van der Waals surface area contributed by atoms with Crippen molar-refractivity contribution < 1.29 is 9.21 Å². The number of nitrogens with zero attached hydrogens (tertiary/aromatic N) is 4. The third kappa shape index (κ3) is 5.25. The number of oxazole rings is 1. The first kappa shape index (κ1) is 20.1. The van der Waals surface area contributed by atoms with E-state index in [2.05, 4.69) is 21.8 Å². The molecule has 6 nitrogen and oxygen atoms in total. The van der Waals surface area contributed by atoms with Crippen molar-refractivity contribution in [3.63, 3.8) is 0 Å². The Kier molecular flexibility index (Phi) is 6.62. The summed E-state index contributed by atoms with van der Waals surface area (Å²) in [6.07, 6.45) is 5.15. The standard InChI is InChI=1S/C23H32N4O2/c1-25-11-9-19(10-12-25)17-26-13-15-27(16-14-26)22(28)8-7-21-23(24-18-29-21)20-5-3-2-4-6-20/h2-6,18-19H,7-17H2,1H3. The van der Waals surface area contributed by atoms with Crippen LogP contribution in [0.2, 0.25) is 0 Å². The number of amides is 1. The zero-order chi connectivity index (χ0) is 20.1. The van der Waals surface area contributed by atoms with Crippen LogP contribution in [0.3, 0.4) is 0 Å². The molecule has 1 aromatic carbocycles. The highest BCUT2D eigenvalue weighted by molar-refractivity contribution is 5.76. The molecular formula is C23H32N4O2. The van der Waals surface area contributed by atoms with Crippen molar-refractivity contribution in [1.29, 1.82) is 0 Å². The first-order valence-corrected chi connectivity index (χ1v) is 10.9. The second-order valence-electron chi connectivity index (χ2n) is 8.42. The number of rotatable bonds is 6. The lowest BCUT2D eigenvalue weighted by atomic mass is 9.96. The SMILES string of the molecule is CN1CCC(CN2CCN(C(=O)CCc3ocnc3-c3ccccc3)CC2)CC1. The van der Waals surface area contributed by atoms with Gasteiger partial charge in [-0.15, -0.1) is 0 Å². The molecule has 0 aliphatic carbocycles. The second-order valence-corrected chi connectivity index (χ2v) is 8.42. The Hall–Kier alpha value is -2.18. The minimum atomic E-state index is 0.222. The zero-order valence-corrected chi connectivity index (χ0v) is 17.4. The summed E-state index contributed by atoms with van der Waals surface area (Å²) in [5.74, 6) is 1.83. The van der Waals surface area contributed by atoms with Crippen molar-refractivity contribution in [2.45, 2.75) is 25.7 Å². The van der Waals surface area contributed by atoms with Crippen molar-refractivity contribution in [3.05, 3.63) is 42.5 Å². The molecule has 0 spiro atoms. The summed E-state index contributed by atoms with van der Waals surface area (Å²) in [5, 5.41) is 0. The van der Waals surface area contributed by atoms with Gasteiger partial charge in [-0.2, -0.15) is 0 Å². The number of carbonyl (C=O) groups is 1. The average molecular weight is 397 g/mol. The topological polar surface area (TPSA) is 52.8 Å². The quantitative estimate of drug-likeness (QED) is 0.752. The van der Waals surface area contributed by atoms with Gasteiger partial charge in [-0.3, -0.25) is 9.69 Å². The van der Waals surface area contributed by atoms with Crippen LogP contribution >= 0.6 is 0 Å². The van der Waals surface area contributed by atoms with Gasteiger partial charge in [-0.1, -0.05) is 30.3 Å². The highest BCUT2D eigenvalue weighted by Gasteiger charge is 2.25. The van der Waals surface area contributed by atoms with Crippen LogP contribution in [0.15, 0.2) is 41.1 Å². The average Bonchev–Trinajstić information content (AvgIpc) is 3.23. The number of benzene rings is 1. The van der Waals surface area contributed by atoms with Gasteiger partial charge < -0.3 is 14.2 Å². The summed E-state index contributed by atoms with van der Waals surface area (Å²) in [4.78, 5) is 24.0. The predicted molar refractivity (Wildman–Crippen MR) is 114 cm³/mol. The first-order valence-electron chi connectivity index (χ1n) is 10.9. The minimum absolute atomic E-state index is 0.222. The Labute approximate surface area is 173 Å². The van der Waals surface area contributed by atoms with Crippen molar-refractivity contribution in [2.75, 3.05) is 52.9 Å². The zero-order valence-electron chi connectivity index (χ0n) is 17.4. The third-order valence-corrected chi connectivity index (χ3v) is 6.33. The predicted octanol–water partition coefficient (Wildman–Crippen LogP) is 2.76. The molecule has 2 fully saturated rings. The van der Waals surface area contributed by atoms with E-state index in [1.807, 2.05) is 35.2 Å². The molecule has 0 unspecified atom stereocenters. The van der Waals surface area contributed by atoms with E-state index in [0.29, 0.717) is 12.8 Å². The van der Waals surface area contributed by atoms with E-state index < -0.39 is 0 Å². The summed E-state index contributed by atoms with van der Waals surface area (Å²) in [5.41, 5.74) is 1.88. The van der Waals surface area contributed by atoms with Gasteiger partial charge in [-0.25, -0.2) is 4.98 Å². The van der Waals surface area contributed by atoms with Crippen molar-refractivity contribution >= 4 is 5.91 Å². The van der Waals surface area contributed by atoms with Gasteiger partial charge >= 0.3 is 0 Å². The highest BCUT2D eigenvalue weighted by Crippen LogP contribution is 2.23. The maximum absolute atomic E-state index is 12.7. The van der Waals surface area contributed by atoms with Crippen molar-refractivity contribution in [3.8, 4) is 11.3 Å². The van der Waals surface area contributed by atoms with Gasteiger partial charge in [0.05, 0.1) is 0 Å². The maximum Gasteiger partial charge on any atom is 0.223 e. The van der Waals surface area contributed by atoms with E-state index in [1.54, 1.807) is 0 Å². The molecule has 29 heavy (non-hydrogen) atoms. The van der Waals surface area contributed by atoms with Crippen molar-refractivity contribution in [1.82, 2.24) is 19.7 Å². The van der Waals surface area contributed by atoms with Crippen molar-refractivity contribution in [2.24, 2.45) is 5.92 Å². The van der Waals surface area contributed by atoms with E-state index in [0.717, 1.165) is 49.1 Å². The Balaban J connectivity index is 1.22. The van der Waals surface area contributed by atoms with E-state index in [1.165, 1.54) is 38.9 Å². The number of carbonyl (C=O) groups excluding carboxylic acids is 1. The molecule has 0 radical (unpaired) electrons. The number of piperazine rings is 1. The summed E-state index contributed by atoms with van der Waals surface area (Å²) in [6, 6.07) is 10.0. The van der Waals surface area contributed by atoms with E-state index in [9.17, 15) is 4.79 Å².